The first-order valence-electron chi connectivity index (χ1n) is 8.81. The molecule has 2 amide bonds. The van der Waals surface area contributed by atoms with Gasteiger partial charge in [0.1, 0.15) is 5.75 Å². The van der Waals surface area contributed by atoms with E-state index in [1.807, 2.05) is 25.1 Å². The molecule has 2 aromatic carbocycles. The third kappa shape index (κ3) is 6.10. The molecule has 0 aliphatic heterocycles. The van der Waals surface area contributed by atoms with Gasteiger partial charge in [-0.25, -0.2) is 0 Å². The fraction of sp³-hybridized carbons (Fsp3) is 0.333. The molecule has 2 rings (SSSR count). The van der Waals surface area contributed by atoms with E-state index in [9.17, 15) is 9.59 Å². The number of ether oxygens (including phenoxy) is 1. The summed E-state index contributed by atoms with van der Waals surface area (Å²) in [6.45, 7) is 8.56. The van der Waals surface area contributed by atoms with Crippen molar-refractivity contribution in [3.63, 3.8) is 0 Å². The molecule has 0 fully saturated rings. The van der Waals surface area contributed by atoms with Gasteiger partial charge in [0.15, 0.2) is 6.61 Å². The Morgan fingerprint density at radius 1 is 1.11 bits per heavy atom. The molecule has 144 valence electrons. The van der Waals surface area contributed by atoms with Crippen LogP contribution in [0, 0.1) is 0 Å². The van der Waals surface area contributed by atoms with Gasteiger partial charge >= 0.3 is 0 Å². The lowest BCUT2D eigenvalue weighted by molar-refractivity contribution is -0.118. The number of benzene rings is 2. The first-order chi connectivity index (χ1) is 12.7. The second-order valence-corrected chi connectivity index (χ2v) is 8.08. The van der Waals surface area contributed by atoms with E-state index in [2.05, 4.69) is 47.3 Å². The van der Waals surface area contributed by atoms with Crippen molar-refractivity contribution in [2.75, 3.05) is 18.5 Å². The molecule has 27 heavy (non-hydrogen) atoms. The largest absolute Gasteiger partial charge is 0.483 e. The van der Waals surface area contributed by atoms with Gasteiger partial charge in [0.2, 0.25) is 0 Å². The van der Waals surface area contributed by atoms with Gasteiger partial charge in [-0.3, -0.25) is 9.59 Å². The molecule has 0 heterocycles. The number of halogens is 1. The molecule has 0 unspecified atom stereocenters. The van der Waals surface area contributed by atoms with E-state index >= 15 is 0 Å². The van der Waals surface area contributed by atoms with Crippen LogP contribution in [-0.2, 0) is 10.2 Å². The number of carbonyl (C=O) groups is 2. The zero-order valence-corrected chi connectivity index (χ0v) is 17.6. The third-order valence-corrected chi connectivity index (χ3v) is 4.35. The van der Waals surface area contributed by atoms with Crippen LogP contribution in [0.3, 0.4) is 0 Å². The summed E-state index contributed by atoms with van der Waals surface area (Å²) in [5.74, 6) is 0.220. The molecule has 5 nitrogen and oxygen atoms in total. The second-order valence-electron chi connectivity index (χ2n) is 7.17. The summed E-state index contributed by atoms with van der Waals surface area (Å²) in [6.07, 6.45) is 0. The van der Waals surface area contributed by atoms with Crippen LogP contribution >= 0.6 is 15.9 Å². The summed E-state index contributed by atoms with van der Waals surface area (Å²) in [5, 5.41) is 5.50. The van der Waals surface area contributed by atoms with Crippen molar-refractivity contribution in [2.45, 2.75) is 33.1 Å². The molecule has 0 saturated heterocycles. The van der Waals surface area contributed by atoms with Gasteiger partial charge in [-0.2, -0.15) is 0 Å². The third-order valence-electron chi connectivity index (χ3n) is 3.85. The summed E-state index contributed by atoms with van der Waals surface area (Å²) < 4.78 is 6.72. The van der Waals surface area contributed by atoms with Crippen molar-refractivity contribution in [3.05, 3.63) is 58.1 Å². The van der Waals surface area contributed by atoms with Crippen molar-refractivity contribution in [1.29, 1.82) is 0 Å². The van der Waals surface area contributed by atoms with Gasteiger partial charge in [0.25, 0.3) is 11.8 Å². The second kappa shape index (κ2) is 9.04. The predicted molar refractivity (Wildman–Crippen MR) is 111 cm³/mol. The van der Waals surface area contributed by atoms with E-state index in [-0.39, 0.29) is 23.8 Å². The number of anilines is 1. The summed E-state index contributed by atoms with van der Waals surface area (Å²) in [5.41, 5.74) is 1.96. The Balaban J connectivity index is 2.04. The smallest absolute Gasteiger partial charge is 0.262 e. The van der Waals surface area contributed by atoms with Gasteiger partial charge in [0.05, 0.1) is 0 Å². The predicted octanol–water partition coefficient (Wildman–Crippen LogP) is 4.51. The molecule has 2 aromatic rings. The average molecular weight is 433 g/mol. The highest BCUT2D eigenvalue weighted by atomic mass is 79.9. The van der Waals surface area contributed by atoms with Crippen LogP contribution in [-0.4, -0.2) is 25.0 Å². The van der Waals surface area contributed by atoms with Crippen molar-refractivity contribution in [3.8, 4) is 5.75 Å². The highest BCUT2D eigenvalue weighted by Gasteiger charge is 2.20. The lowest BCUT2D eigenvalue weighted by Crippen LogP contribution is -2.24. The maximum atomic E-state index is 12.3. The van der Waals surface area contributed by atoms with Crippen LogP contribution in [0.1, 0.15) is 43.6 Å². The van der Waals surface area contributed by atoms with Crippen LogP contribution in [0.25, 0.3) is 0 Å². The van der Waals surface area contributed by atoms with E-state index in [0.717, 1.165) is 10.0 Å². The Labute approximate surface area is 168 Å². The van der Waals surface area contributed by atoms with E-state index in [1.54, 1.807) is 24.3 Å². The van der Waals surface area contributed by atoms with Crippen molar-refractivity contribution < 1.29 is 14.3 Å². The zero-order valence-electron chi connectivity index (χ0n) is 16.1. The first kappa shape index (κ1) is 21.0. The maximum Gasteiger partial charge on any atom is 0.262 e. The molecule has 0 spiro atoms. The Bertz CT molecular complexity index is 828. The molecule has 0 aromatic heterocycles. The molecule has 0 radical (unpaired) electrons. The molecular weight excluding hydrogens is 408 g/mol. The van der Waals surface area contributed by atoms with Crippen LogP contribution in [0.5, 0.6) is 5.75 Å². The number of hydrogen-bond acceptors (Lipinski definition) is 3. The van der Waals surface area contributed by atoms with E-state index in [1.165, 1.54) is 0 Å². The quantitative estimate of drug-likeness (QED) is 0.704. The Hall–Kier alpha value is -2.34. The molecule has 0 aliphatic rings. The summed E-state index contributed by atoms with van der Waals surface area (Å²) in [7, 11) is 0. The van der Waals surface area contributed by atoms with Gasteiger partial charge in [-0.15, -0.1) is 0 Å². The fourth-order valence-electron chi connectivity index (χ4n) is 2.56. The minimum atomic E-state index is -0.286. The number of amides is 2. The van der Waals surface area contributed by atoms with E-state index in [0.29, 0.717) is 23.5 Å². The number of nitrogens with one attached hydrogen (secondary N) is 2. The standard InChI is InChI=1S/C21H25BrN2O3/c1-5-23-20(26)14-7-6-8-16(11-14)24-19(25)13-27-18-10-9-15(22)12-17(18)21(2,3)4/h6-12H,5,13H2,1-4H3,(H,23,26)(H,24,25). The SMILES string of the molecule is CCNC(=O)c1cccc(NC(=O)COc2ccc(Br)cc2C(C)(C)C)c1. The van der Waals surface area contributed by atoms with Gasteiger partial charge in [-0.05, 0) is 48.7 Å². The molecule has 0 aliphatic carbocycles. The summed E-state index contributed by atoms with van der Waals surface area (Å²) in [4.78, 5) is 24.2. The van der Waals surface area contributed by atoms with Gasteiger partial charge in [-0.1, -0.05) is 42.8 Å². The minimum absolute atomic E-state index is 0.115. The lowest BCUT2D eigenvalue weighted by atomic mass is 9.86. The first-order valence-corrected chi connectivity index (χ1v) is 9.61. The normalized spacial score (nSPS) is 11.0. The topological polar surface area (TPSA) is 67.4 Å². The van der Waals surface area contributed by atoms with Crippen molar-refractivity contribution in [2.24, 2.45) is 0 Å². The van der Waals surface area contributed by atoms with Crippen LogP contribution in [0.2, 0.25) is 0 Å². The van der Waals surface area contributed by atoms with Crippen LogP contribution in [0.15, 0.2) is 46.9 Å². The fourth-order valence-corrected chi connectivity index (χ4v) is 2.92. The summed E-state index contributed by atoms with van der Waals surface area (Å²) >= 11 is 3.48. The van der Waals surface area contributed by atoms with Gasteiger partial charge in [0, 0.05) is 27.8 Å². The molecule has 0 saturated carbocycles. The molecular formula is C21H25BrN2O3. The van der Waals surface area contributed by atoms with Crippen molar-refractivity contribution in [1.82, 2.24) is 5.32 Å². The number of carbonyl (C=O) groups excluding carboxylic acids is 2. The maximum absolute atomic E-state index is 12.3. The number of hydrogen-bond donors (Lipinski definition) is 2. The molecule has 6 heteroatoms. The highest BCUT2D eigenvalue weighted by molar-refractivity contribution is 9.10. The Morgan fingerprint density at radius 3 is 2.52 bits per heavy atom. The lowest BCUT2D eigenvalue weighted by Gasteiger charge is -2.23. The molecule has 2 N–H and O–H groups in total. The van der Waals surface area contributed by atoms with E-state index < -0.39 is 0 Å². The average Bonchev–Trinajstić information content (AvgIpc) is 2.60. The van der Waals surface area contributed by atoms with Crippen molar-refractivity contribution >= 4 is 33.4 Å². The minimum Gasteiger partial charge on any atom is -0.483 e. The summed E-state index contributed by atoms with van der Waals surface area (Å²) in [6, 6.07) is 12.6. The zero-order chi connectivity index (χ0) is 20.0. The molecule has 0 bridgehead atoms. The molecule has 0 atom stereocenters. The van der Waals surface area contributed by atoms with Gasteiger partial charge < -0.3 is 15.4 Å². The van der Waals surface area contributed by atoms with E-state index in [4.69, 9.17) is 4.74 Å². The van der Waals surface area contributed by atoms with Crippen LogP contribution < -0.4 is 15.4 Å². The van der Waals surface area contributed by atoms with Crippen LogP contribution in [0.4, 0.5) is 5.69 Å². The number of rotatable bonds is 6. The monoisotopic (exact) mass is 432 g/mol. The Kier molecular flexibility index (Phi) is 7.02. The Morgan fingerprint density at radius 2 is 1.85 bits per heavy atom. The highest BCUT2D eigenvalue weighted by Crippen LogP contribution is 2.33.